The lowest BCUT2D eigenvalue weighted by atomic mass is 10.2. The Labute approximate surface area is 105 Å². The average Bonchev–Trinajstić information content (AvgIpc) is 2.32. The van der Waals surface area contributed by atoms with Crippen LogP contribution in [0.15, 0.2) is 18.2 Å². The van der Waals surface area contributed by atoms with E-state index < -0.39 is 17.9 Å². The van der Waals surface area contributed by atoms with Crippen molar-refractivity contribution in [3.63, 3.8) is 0 Å². The molecule has 0 aliphatic carbocycles. The highest BCUT2D eigenvalue weighted by Crippen LogP contribution is 2.18. The van der Waals surface area contributed by atoms with Gasteiger partial charge in [0.2, 0.25) is 0 Å². The third kappa shape index (κ3) is 5.83. The normalized spacial score (nSPS) is 8.89. The Bertz CT molecular complexity index is 421. The van der Waals surface area contributed by atoms with Crippen molar-refractivity contribution in [3.8, 4) is 5.75 Å². The summed E-state index contributed by atoms with van der Waals surface area (Å²) < 4.78 is 22.3. The molecule has 0 aromatic heterocycles. The van der Waals surface area contributed by atoms with Crippen molar-refractivity contribution >= 4 is 12.1 Å². The highest BCUT2D eigenvalue weighted by Gasteiger charge is 2.08. The molecule has 0 atom stereocenters. The number of primary amides is 1. The second-order valence-electron chi connectivity index (χ2n) is 2.97. The van der Waals surface area contributed by atoms with Crippen LogP contribution in [0.4, 0.5) is 9.18 Å². The second-order valence-corrected chi connectivity index (χ2v) is 2.97. The first kappa shape index (κ1) is 15.9. The Kier molecular flexibility index (Phi) is 7.11. The van der Waals surface area contributed by atoms with Crippen LogP contribution in [0.5, 0.6) is 5.75 Å². The van der Waals surface area contributed by atoms with Gasteiger partial charge in [-0.05, 0) is 17.7 Å². The van der Waals surface area contributed by atoms with Crippen LogP contribution in [0.1, 0.15) is 26.3 Å². The lowest BCUT2D eigenvalue weighted by Crippen LogP contribution is -2.17. The van der Waals surface area contributed by atoms with E-state index in [4.69, 9.17) is 5.73 Å². The predicted molar refractivity (Wildman–Crippen MR) is 63.4 cm³/mol. The fourth-order valence-electron chi connectivity index (χ4n) is 1.01. The number of amides is 1. The van der Waals surface area contributed by atoms with Crippen LogP contribution in [0, 0.1) is 5.82 Å². The fourth-order valence-corrected chi connectivity index (χ4v) is 1.01. The van der Waals surface area contributed by atoms with Gasteiger partial charge in [-0.1, -0.05) is 19.9 Å². The third-order valence-corrected chi connectivity index (χ3v) is 1.65. The molecule has 0 bridgehead atoms. The van der Waals surface area contributed by atoms with E-state index in [1.54, 1.807) is 0 Å². The number of benzene rings is 1. The van der Waals surface area contributed by atoms with Crippen molar-refractivity contribution in [1.82, 2.24) is 0 Å². The molecule has 6 heteroatoms. The molecule has 5 nitrogen and oxygen atoms in total. The molecular formula is C12H16FNO4. The minimum Gasteiger partial charge on any atom is -0.461 e. The summed E-state index contributed by atoms with van der Waals surface area (Å²) in [5.74, 6) is -1.47. The molecule has 100 valence electrons. The number of rotatable bonds is 3. The van der Waals surface area contributed by atoms with Crippen molar-refractivity contribution in [3.05, 3.63) is 29.6 Å². The van der Waals surface area contributed by atoms with Gasteiger partial charge in [0.05, 0.1) is 0 Å². The van der Waals surface area contributed by atoms with E-state index in [-0.39, 0.29) is 12.4 Å². The zero-order valence-electron chi connectivity index (χ0n) is 10.5. The van der Waals surface area contributed by atoms with E-state index in [2.05, 4.69) is 9.47 Å². The standard InChI is InChI=1S/C10H10FNO4.C2H6/c1-6(13)15-5-7-2-3-9(8(11)4-7)16-10(12)14;1-2/h2-4H,5H2,1H3,(H2,12,14);1-2H3. The number of carbonyl (C=O) groups is 2. The first-order chi connectivity index (χ1) is 8.49. The van der Waals surface area contributed by atoms with Crippen molar-refractivity contribution in [2.75, 3.05) is 0 Å². The smallest absolute Gasteiger partial charge is 0.410 e. The predicted octanol–water partition coefficient (Wildman–Crippen LogP) is 2.37. The van der Waals surface area contributed by atoms with E-state index in [1.807, 2.05) is 13.8 Å². The minimum atomic E-state index is -1.09. The first-order valence-electron chi connectivity index (χ1n) is 5.38. The zero-order valence-corrected chi connectivity index (χ0v) is 10.5. The molecule has 0 fully saturated rings. The molecule has 1 amide bonds. The van der Waals surface area contributed by atoms with E-state index in [1.165, 1.54) is 19.1 Å². The molecule has 0 aliphatic rings. The lowest BCUT2D eigenvalue weighted by molar-refractivity contribution is -0.142. The van der Waals surface area contributed by atoms with Crippen molar-refractivity contribution < 1.29 is 23.5 Å². The topological polar surface area (TPSA) is 78.6 Å². The van der Waals surface area contributed by atoms with Gasteiger partial charge in [0.15, 0.2) is 11.6 Å². The van der Waals surface area contributed by atoms with Gasteiger partial charge < -0.3 is 15.2 Å². The van der Waals surface area contributed by atoms with Crippen molar-refractivity contribution in [2.24, 2.45) is 5.73 Å². The SMILES string of the molecule is CC.CC(=O)OCc1ccc(OC(N)=O)c(F)c1. The highest BCUT2D eigenvalue weighted by atomic mass is 19.1. The van der Waals surface area contributed by atoms with Crippen LogP contribution in [0.2, 0.25) is 0 Å². The van der Waals surface area contributed by atoms with Gasteiger partial charge in [-0.2, -0.15) is 0 Å². The second kappa shape index (κ2) is 8.05. The summed E-state index contributed by atoms with van der Waals surface area (Å²) in [6.45, 7) is 5.21. The molecule has 1 rings (SSSR count). The Morgan fingerprint density at radius 1 is 1.33 bits per heavy atom. The van der Waals surface area contributed by atoms with Gasteiger partial charge in [-0.3, -0.25) is 4.79 Å². The van der Waals surface area contributed by atoms with E-state index in [0.717, 1.165) is 6.07 Å². The lowest BCUT2D eigenvalue weighted by Gasteiger charge is -2.05. The van der Waals surface area contributed by atoms with Gasteiger partial charge in [0.1, 0.15) is 6.61 Å². The summed E-state index contributed by atoms with van der Waals surface area (Å²) in [4.78, 5) is 20.9. The van der Waals surface area contributed by atoms with E-state index >= 15 is 0 Å². The largest absolute Gasteiger partial charge is 0.461 e. The first-order valence-corrected chi connectivity index (χ1v) is 5.38. The van der Waals surface area contributed by atoms with Gasteiger partial charge in [-0.15, -0.1) is 0 Å². The van der Waals surface area contributed by atoms with Crippen LogP contribution in [0.25, 0.3) is 0 Å². The number of carbonyl (C=O) groups excluding carboxylic acids is 2. The van der Waals surface area contributed by atoms with Gasteiger partial charge in [0, 0.05) is 6.92 Å². The summed E-state index contributed by atoms with van der Waals surface area (Å²) in [7, 11) is 0. The summed E-state index contributed by atoms with van der Waals surface area (Å²) in [5, 5.41) is 0. The van der Waals surface area contributed by atoms with E-state index in [9.17, 15) is 14.0 Å². The zero-order chi connectivity index (χ0) is 14.1. The maximum atomic E-state index is 13.3. The quantitative estimate of drug-likeness (QED) is 0.843. The number of ether oxygens (including phenoxy) is 2. The van der Waals surface area contributed by atoms with Gasteiger partial charge in [0.25, 0.3) is 0 Å². The van der Waals surface area contributed by atoms with Crippen LogP contribution in [0.3, 0.4) is 0 Å². The molecule has 0 unspecified atom stereocenters. The average molecular weight is 257 g/mol. The Balaban J connectivity index is 0.00000137. The number of halogens is 1. The number of nitrogens with two attached hydrogens (primary N) is 1. The fraction of sp³-hybridized carbons (Fsp3) is 0.333. The van der Waals surface area contributed by atoms with Crippen LogP contribution >= 0.6 is 0 Å². The molecular weight excluding hydrogens is 241 g/mol. The van der Waals surface area contributed by atoms with Gasteiger partial charge >= 0.3 is 12.1 Å². The Morgan fingerprint density at radius 2 is 1.94 bits per heavy atom. The van der Waals surface area contributed by atoms with Crippen LogP contribution in [-0.4, -0.2) is 12.1 Å². The van der Waals surface area contributed by atoms with Crippen molar-refractivity contribution in [1.29, 1.82) is 0 Å². The van der Waals surface area contributed by atoms with Crippen LogP contribution < -0.4 is 10.5 Å². The summed E-state index contributed by atoms with van der Waals surface area (Å²) in [6, 6.07) is 3.80. The molecule has 0 saturated carbocycles. The molecule has 1 aromatic carbocycles. The Morgan fingerprint density at radius 3 is 2.39 bits per heavy atom. The van der Waals surface area contributed by atoms with Crippen molar-refractivity contribution in [2.45, 2.75) is 27.4 Å². The summed E-state index contributed by atoms with van der Waals surface area (Å²) in [6.07, 6.45) is -1.09. The Hall–Kier alpha value is -2.11. The van der Waals surface area contributed by atoms with Gasteiger partial charge in [-0.25, -0.2) is 9.18 Å². The number of esters is 1. The maximum Gasteiger partial charge on any atom is 0.410 e. The molecule has 1 aromatic rings. The number of hydrogen-bond acceptors (Lipinski definition) is 4. The van der Waals surface area contributed by atoms with E-state index in [0.29, 0.717) is 5.56 Å². The number of hydrogen-bond donors (Lipinski definition) is 1. The van der Waals surface area contributed by atoms with Crippen LogP contribution in [-0.2, 0) is 16.1 Å². The third-order valence-electron chi connectivity index (χ3n) is 1.65. The molecule has 0 saturated heterocycles. The molecule has 2 N–H and O–H groups in total. The molecule has 0 spiro atoms. The molecule has 0 radical (unpaired) electrons. The molecule has 18 heavy (non-hydrogen) atoms. The summed E-state index contributed by atoms with van der Waals surface area (Å²) in [5.41, 5.74) is 5.18. The highest BCUT2D eigenvalue weighted by molar-refractivity contribution is 5.68. The summed E-state index contributed by atoms with van der Waals surface area (Å²) >= 11 is 0. The maximum absolute atomic E-state index is 13.3. The molecule has 0 heterocycles. The minimum absolute atomic E-state index is 0.0386. The molecule has 0 aliphatic heterocycles. The monoisotopic (exact) mass is 257 g/mol.